The Morgan fingerprint density at radius 2 is 0.754 bits per heavy atom. The first-order valence-electron chi connectivity index (χ1n) is 22.8. The summed E-state index contributed by atoms with van der Waals surface area (Å²) in [5.74, 6) is 1.74. The van der Waals surface area contributed by atoms with E-state index in [0.29, 0.717) is 17.5 Å². The van der Waals surface area contributed by atoms with Crippen LogP contribution in [0.4, 0.5) is 0 Å². The van der Waals surface area contributed by atoms with E-state index in [-0.39, 0.29) is 29.9 Å². The molecule has 12 rings (SSSR count). The molecular weight excluding hydrogens is 741 g/mol. The van der Waals surface area contributed by atoms with Crippen molar-refractivity contribution in [2.24, 2.45) is 0 Å². The van der Waals surface area contributed by atoms with Crippen LogP contribution in [-0.4, -0.2) is 19.5 Å². The third-order valence-corrected chi connectivity index (χ3v) is 11.7. The van der Waals surface area contributed by atoms with E-state index in [2.05, 4.69) is 91.0 Å². The summed E-state index contributed by atoms with van der Waals surface area (Å²) in [5, 5.41) is 8.72. The number of hydrogen-bond acceptors (Lipinski definition) is 3. The molecule has 0 radical (unpaired) electrons. The van der Waals surface area contributed by atoms with E-state index in [0.717, 1.165) is 82.3 Å². The first-order chi connectivity index (χ1) is 32.3. The Kier molecular flexibility index (Phi) is 7.00. The number of benzene rings is 10. The average Bonchev–Trinajstić information content (AvgIpc) is 3.70. The fourth-order valence-corrected chi connectivity index (χ4v) is 8.93. The van der Waals surface area contributed by atoms with Gasteiger partial charge >= 0.3 is 0 Å². The summed E-state index contributed by atoms with van der Waals surface area (Å²) in [6, 6.07) is 62.6. The lowest BCUT2D eigenvalue weighted by Crippen LogP contribution is -2.00. The third-order valence-electron chi connectivity index (χ3n) is 11.7. The van der Waals surface area contributed by atoms with Gasteiger partial charge in [-0.3, -0.25) is 0 Å². The van der Waals surface area contributed by atoms with Crippen molar-refractivity contribution in [3.63, 3.8) is 0 Å². The second-order valence-corrected chi connectivity index (χ2v) is 15.2. The van der Waals surface area contributed by atoms with Crippen LogP contribution in [0, 0.1) is 0 Å². The topological polar surface area (TPSA) is 43.6 Å². The molecule has 61 heavy (non-hydrogen) atoms. The van der Waals surface area contributed by atoms with Crippen LogP contribution in [0.1, 0.15) is 6.85 Å². The largest absolute Gasteiger partial charge is 0.309 e. The summed E-state index contributed by atoms with van der Waals surface area (Å²) in [4.78, 5) is 15.1. The van der Waals surface area contributed by atoms with Gasteiger partial charge in [-0.1, -0.05) is 170 Å². The van der Waals surface area contributed by atoms with Crippen molar-refractivity contribution in [1.82, 2.24) is 19.5 Å². The Morgan fingerprint density at radius 1 is 0.311 bits per heavy atom. The summed E-state index contributed by atoms with van der Waals surface area (Å²) in [6.07, 6.45) is 0. The molecule has 0 saturated carbocycles. The molecule has 0 aliphatic heterocycles. The van der Waals surface area contributed by atoms with Crippen molar-refractivity contribution in [2.75, 3.05) is 0 Å². The number of fused-ring (bicyclic) bond motifs is 9. The molecule has 0 aliphatic carbocycles. The second kappa shape index (κ2) is 14.3. The maximum absolute atomic E-state index is 8.95. The maximum Gasteiger partial charge on any atom is 0.164 e. The number of para-hydroxylation sites is 2. The Balaban J connectivity index is 1.13. The molecule has 0 saturated heterocycles. The average molecular weight is 782 g/mol. The summed E-state index contributed by atoms with van der Waals surface area (Å²) >= 11 is 0. The van der Waals surface area contributed by atoms with E-state index >= 15 is 0 Å². The Labute approximate surface area is 359 Å². The minimum absolute atomic E-state index is 0.116. The quantitative estimate of drug-likeness (QED) is 0.158. The van der Waals surface area contributed by atoms with Crippen molar-refractivity contribution in [2.45, 2.75) is 0 Å². The summed E-state index contributed by atoms with van der Waals surface area (Å²) in [7, 11) is 0. The Bertz CT molecular complexity index is 3860. The lowest BCUT2D eigenvalue weighted by Gasteiger charge is -2.17. The van der Waals surface area contributed by atoms with Crippen molar-refractivity contribution in [1.29, 1.82) is 0 Å². The number of nitrogens with zero attached hydrogens (tertiary/aromatic N) is 4. The van der Waals surface area contributed by atoms with Crippen LogP contribution in [0.3, 0.4) is 0 Å². The van der Waals surface area contributed by atoms with Gasteiger partial charge in [-0.25, -0.2) is 15.0 Å². The van der Waals surface area contributed by atoms with Gasteiger partial charge in [0.15, 0.2) is 17.5 Å². The molecule has 12 aromatic rings. The smallest absolute Gasteiger partial charge is 0.164 e. The van der Waals surface area contributed by atoms with Crippen molar-refractivity contribution in [3.8, 4) is 62.1 Å². The monoisotopic (exact) mass is 781 g/mol. The van der Waals surface area contributed by atoms with E-state index < -0.39 is 6.04 Å². The fourth-order valence-electron chi connectivity index (χ4n) is 8.93. The van der Waals surface area contributed by atoms with Crippen LogP contribution >= 0.6 is 0 Å². The van der Waals surface area contributed by atoms with E-state index in [4.69, 9.17) is 21.8 Å². The first-order valence-corrected chi connectivity index (χ1v) is 20.3. The molecule has 0 spiro atoms. The predicted octanol–water partition coefficient (Wildman–Crippen LogP) is 14.8. The zero-order valence-electron chi connectivity index (χ0n) is 37.7. The predicted molar refractivity (Wildman–Crippen MR) is 254 cm³/mol. The molecule has 284 valence electrons. The van der Waals surface area contributed by atoms with Gasteiger partial charge in [-0.2, -0.15) is 0 Å². The minimum atomic E-state index is -0.422. The number of aromatic nitrogens is 4. The van der Waals surface area contributed by atoms with Gasteiger partial charge in [0, 0.05) is 33.2 Å². The highest BCUT2D eigenvalue weighted by atomic mass is 15.0. The highest BCUT2D eigenvalue weighted by Gasteiger charge is 2.19. The number of rotatable bonds is 6. The lowest BCUT2D eigenvalue weighted by atomic mass is 9.86. The molecule has 4 heteroatoms. The number of hydrogen-bond donors (Lipinski definition) is 0. The summed E-state index contributed by atoms with van der Waals surface area (Å²) in [6.45, 7) is 0. The van der Waals surface area contributed by atoms with Gasteiger partial charge in [0.1, 0.15) is 0 Å². The van der Waals surface area contributed by atoms with Crippen LogP contribution in [0.25, 0.3) is 116 Å². The maximum atomic E-state index is 8.95. The zero-order valence-corrected chi connectivity index (χ0v) is 32.7. The second-order valence-electron chi connectivity index (χ2n) is 15.2. The summed E-state index contributed by atoms with van der Waals surface area (Å²) in [5.41, 5.74) is 8.19. The molecule has 0 aliphatic rings. The van der Waals surface area contributed by atoms with Gasteiger partial charge in [0.05, 0.1) is 17.9 Å². The molecule has 0 amide bonds. The van der Waals surface area contributed by atoms with Crippen LogP contribution in [0.2, 0.25) is 0 Å². The van der Waals surface area contributed by atoms with Crippen LogP contribution in [0.5, 0.6) is 0 Å². The van der Waals surface area contributed by atoms with E-state index in [9.17, 15) is 0 Å². The lowest BCUT2D eigenvalue weighted by molar-refractivity contribution is 1.07. The molecular formula is C57H36N4. The van der Waals surface area contributed by atoms with E-state index in [1.807, 2.05) is 97.1 Å². The standard InChI is InChI=1S/C57H36N4/c1-4-17-37(18-5-1)55-58-56(38-19-6-2-7-20-38)60-57(59-55)41-22-16-21-39(33-41)48-35-50-45-27-12-10-25-43(45)44-26-11-13-28-46(44)51(50)36-49(48)40-31-32-54-52(34-40)47-29-14-15-30-53(47)61(54)42-23-8-3-9-24-42/h1-36H/i3D,8D,9D,23D,24D. The van der Waals surface area contributed by atoms with Gasteiger partial charge in [-0.05, 0) is 103 Å². The van der Waals surface area contributed by atoms with Crippen LogP contribution < -0.4 is 0 Å². The molecule has 10 aromatic carbocycles. The molecule has 0 unspecified atom stereocenters. The normalized spacial score (nSPS) is 12.8. The van der Waals surface area contributed by atoms with Gasteiger partial charge in [0.2, 0.25) is 0 Å². The van der Waals surface area contributed by atoms with Crippen molar-refractivity contribution in [3.05, 3.63) is 218 Å². The molecule has 0 bridgehead atoms. The molecule has 2 aromatic heterocycles. The first kappa shape index (κ1) is 29.9. The zero-order chi connectivity index (χ0) is 44.6. The minimum Gasteiger partial charge on any atom is -0.309 e. The molecule has 4 nitrogen and oxygen atoms in total. The van der Waals surface area contributed by atoms with E-state index in [1.165, 1.54) is 10.8 Å². The molecule has 2 heterocycles. The Morgan fingerprint density at radius 3 is 1.34 bits per heavy atom. The molecule has 0 fully saturated rings. The Hall–Kier alpha value is -8.21. The van der Waals surface area contributed by atoms with Crippen LogP contribution in [-0.2, 0) is 0 Å². The SMILES string of the molecule is [2H]c1c([2H])c([2H])c(-n2c3ccccc3c3cc(-c4cc5c6ccccc6c6ccccc6c5cc4-c4cccc(-c5nc(-c6ccccc6)nc(-c6ccccc6)n5)c4)ccc32)c([2H])c1[2H]. The van der Waals surface area contributed by atoms with E-state index in [1.54, 1.807) is 4.57 Å². The summed E-state index contributed by atoms with van der Waals surface area (Å²) < 4.78 is 45.0. The molecule has 0 N–H and O–H groups in total. The third kappa shape index (κ3) is 5.88. The van der Waals surface area contributed by atoms with Gasteiger partial charge in [0.25, 0.3) is 0 Å². The van der Waals surface area contributed by atoms with Gasteiger partial charge < -0.3 is 4.57 Å². The highest BCUT2D eigenvalue weighted by Crippen LogP contribution is 2.44. The van der Waals surface area contributed by atoms with Crippen molar-refractivity contribution >= 4 is 54.1 Å². The van der Waals surface area contributed by atoms with Crippen molar-refractivity contribution < 1.29 is 6.85 Å². The molecule has 0 atom stereocenters. The van der Waals surface area contributed by atoms with Gasteiger partial charge in [-0.15, -0.1) is 0 Å². The highest BCUT2D eigenvalue weighted by molar-refractivity contribution is 6.26. The van der Waals surface area contributed by atoms with Crippen LogP contribution in [0.15, 0.2) is 218 Å². The fraction of sp³-hybridized carbons (Fsp3) is 0.